The van der Waals surface area contributed by atoms with Gasteiger partial charge >= 0.3 is 0 Å². The Morgan fingerprint density at radius 1 is 1.25 bits per heavy atom. The highest BCUT2D eigenvalue weighted by Crippen LogP contribution is 2.18. The first-order chi connectivity index (χ1) is 9.69. The monoisotopic (exact) mass is 279 g/mol. The zero-order valence-corrected chi connectivity index (χ0v) is 12.6. The van der Waals surface area contributed by atoms with Gasteiger partial charge in [0.05, 0.1) is 0 Å². The van der Waals surface area contributed by atoms with Crippen LogP contribution in [0.15, 0.2) is 24.3 Å². The third kappa shape index (κ3) is 4.54. The van der Waals surface area contributed by atoms with Crippen molar-refractivity contribution < 1.29 is 4.39 Å². The molecule has 1 aliphatic heterocycles. The second-order valence-corrected chi connectivity index (χ2v) is 5.60. The SMILES string of the molecule is CCNC(CCN1CCN(C)CC1)c1cccc(F)c1. The Kier molecular flexibility index (Phi) is 5.95. The lowest BCUT2D eigenvalue weighted by atomic mass is 10.0. The van der Waals surface area contributed by atoms with Crippen LogP contribution in [0.25, 0.3) is 0 Å². The molecule has 112 valence electrons. The predicted molar refractivity (Wildman–Crippen MR) is 81.4 cm³/mol. The highest BCUT2D eigenvalue weighted by atomic mass is 19.1. The van der Waals surface area contributed by atoms with Crippen molar-refractivity contribution in [3.8, 4) is 0 Å². The molecule has 1 aliphatic rings. The van der Waals surface area contributed by atoms with Gasteiger partial charge in [0.25, 0.3) is 0 Å². The smallest absolute Gasteiger partial charge is 0.123 e. The van der Waals surface area contributed by atoms with Crippen LogP contribution in [-0.2, 0) is 0 Å². The molecular weight excluding hydrogens is 253 g/mol. The van der Waals surface area contributed by atoms with Gasteiger partial charge < -0.3 is 15.1 Å². The van der Waals surface area contributed by atoms with E-state index in [2.05, 4.69) is 29.1 Å². The van der Waals surface area contributed by atoms with Gasteiger partial charge in [0.2, 0.25) is 0 Å². The van der Waals surface area contributed by atoms with Gasteiger partial charge in [-0.05, 0) is 37.7 Å². The maximum Gasteiger partial charge on any atom is 0.123 e. The summed E-state index contributed by atoms with van der Waals surface area (Å²) in [6, 6.07) is 7.21. The number of hydrogen-bond acceptors (Lipinski definition) is 3. The van der Waals surface area contributed by atoms with Crippen molar-refractivity contribution in [1.82, 2.24) is 15.1 Å². The molecule has 1 aromatic carbocycles. The van der Waals surface area contributed by atoms with Gasteiger partial charge in [0.15, 0.2) is 0 Å². The summed E-state index contributed by atoms with van der Waals surface area (Å²) in [5.74, 6) is -0.148. The maximum absolute atomic E-state index is 13.4. The Hall–Kier alpha value is -0.970. The van der Waals surface area contributed by atoms with Crippen LogP contribution < -0.4 is 5.32 Å². The Labute approximate surface area is 121 Å². The van der Waals surface area contributed by atoms with Crippen molar-refractivity contribution >= 4 is 0 Å². The fourth-order valence-corrected chi connectivity index (χ4v) is 2.74. The maximum atomic E-state index is 13.4. The minimum atomic E-state index is -0.148. The van der Waals surface area contributed by atoms with Crippen LogP contribution in [0.2, 0.25) is 0 Å². The molecule has 1 N–H and O–H groups in total. The Morgan fingerprint density at radius 2 is 2.00 bits per heavy atom. The standard InChI is InChI=1S/C16H26FN3/c1-3-18-16(14-5-4-6-15(17)13-14)7-8-20-11-9-19(2)10-12-20/h4-6,13,16,18H,3,7-12H2,1-2H3. The summed E-state index contributed by atoms with van der Waals surface area (Å²) in [7, 11) is 2.17. The lowest BCUT2D eigenvalue weighted by Crippen LogP contribution is -2.45. The van der Waals surface area contributed by atoms with Gasteiger partial charge in [-0.2, -0.15) is 0 Å². The molecule has 1 atom stereocenters. The van der Waals surface area contributed by atoms with Gasteiger partial charge in [0, 0.05) is 38.8 Å². The molecule has 1 fully saturated rings. The minimum absolute atomic E-state index is 0.148. The van der Waals surface area contributed by atoms with Gasteiger partial charge in [-0.25, -0.2) is 4.39 Å². The summed E-state index contributed by atoms with van der Waals surface area (Å²) >= 11 is 0. The number of halogens is 1. The number of nitrogens with one attached hydrogen (secondary N) is 1. The molecule has 0 saturated carbocycles. The molecule has 2 rings (SSSR count). The quantitative estimate of drug-likeness (QED) is 0.860. The first-order valence-electron chi connectivity index (χ1n) is 7.58. The molecule has 4 heteroatoms. The Morgan fingerprint density at radius 3 is 2.65 bits per heavy atom. The number of rotatable bonds is 6. The van der Waals surface area contributed by atoms with E-state index in [9.17, 15) is 4.39 Å². The van der Waals surface area contributed by atoms with Gasteiger partial charge in [-0.1, -0.05) is 19.1 Å². The summed E-state index contributed by atoms with van der Waals surface area (Å²) in [6.45, 7) is 8.64. The number of benzene rings is 1. The zero-order chi connectivity index (χ0) is 14.4. The third-order valence-corrected chi connectivity index (χ3v) is 4.03. The van der Waals surface area contributed by atoms with E-state index < -0.39 is 0 Å². The van der Waals surface area contributed by atoms with E-state index in [1.165, 1.54) is 6.07 Å². The lowest BCUT2D eigenvalue weighted by Gasteiger charge is -2.33. The summed E-state index contributed by atoms with van der Waals surface area (Å²) in [5, 5.41) is 3.47. The first-order valence-corrected chi connectivity index (χ1v) is 7.58. The average molecular weight is 279 g/mol. The topological polar surface area (TPSA) is 18.5 Å². The molecule has 0 bridgehead atoms. The molecule has 0 spiro atoms. The van der Waals surface area contributed by atoms with Crippen LogP contribution in [0.4, 0.5) is 4.39 Å². The van der Waals surface area contributed by atoms with E-state index >= 15 is 0 Å². The highest BCUT2D eigenvalue weighted by Gasteiger charge is 2.16. The molecule has 20 heavy (non-hydrogen) atoms. The molecule has 3 nitrogen and oxygen atoms in total. The third-order valence-electron chi connectivity index (χ3n) is 4.03. The van der Waals surface area contributed by atoms with Crippen LogP contribution in [0.1, 0.15) is 24.9 Å². The summed E-state index contributed by atoms with van der Waals surface area (Å²) in [4.78, 5) is 4.87. The molecule has 0 aromatic heterocycles. The molecule has 1 aromatic rings. The van der Waals surface area contributed by atoms with E-state index in [1.807, 2.05) is 6.07 Å². The number of nitrogens with zero attached hydrogens (tertiary/aromatic N) is 2. The molecule has 0 amide bonds. The molecule has 1 unspecified atom stereocenters. The zero-order valence-electron chi connectivity index (χ0n) is 12.6. The van der Waals surface area contributed by atoms with Crippen molar-refractivity contribution in [2.75, 3.05) is 46.3 Å². The fourth-order valence-electron chi connectivity index (χ4n) is 2.74. The first kappa shape index (κ1) is 15.4. The van der Waals surface area contributed by atoms with E-state index in [0.29, 0.717) is 0 Å². The molecule has 0 radical (unpaired) electrons. The van der Waals surface area contributed by atoms with Crippen molar-refractivity contribution in [3.63, 3.8) is 0 Å². The van der Waals surface area contributed by atoms with Crippen LogP contribution in [0.5, 0.6) is 0 Å². The van der Waals surface area contributed by atoms with E-state index in [4.69, 9.17) is 0 Å². The Balaban J connectivity index is 1.89. The molecule has 1 heterocycles. The Bertz CT molecular complexity index is 402. The molecular formula is C16H26FN3. The second kappa shape index (κ2) is 7.72. The summed E-state index contributed by atoms with van der Waals surface area (Å²) in [6.07, 6.45) is 1.03. The fraction of sp³-hybridized carbons (Fsp3) is 0.625. The predicted octanol–water partition coefficient (Wildman–Crippen LogP) is 2.11. The second-order valence-electron chi connectivity index (χ2n) is 5.60. The summed E-state index contributed by atoms with van der Waals surface area (Å²) < 4.78 is 13.4. The van der Waals surface area contributed by atoms with Crippen molar-refractivity contribution in [1.29, 1.82) is 0 Å². The highest BCUT2D eigenvalue weighted by molar-refractivity contribution is 5.20. The van der Waals surface area contributed by atoms with Crippen LogP contribution in [0, 0.1) is 5.82 Å². The van der Waals surface area contributed by atoms with E-state index in [-0.39, 0.29) is 11.9 Å². The van der Waals surface area contributed by atoms with E-state index in [0.717, 1.165) is 51.3 Å². The van der Waals surface area contributed by atoms with Crippen LogP contribution in [0.3, 0.4) is 0 Å². The number of likely N-dealkylation sites (N-methyl/N-ethyl adjacent to an activating group) is 1. The van der Waals surface area contributed by atoms with Crippen molar-refractivity contribution in [3.05, 3.63) is 35.6 Å². The summed E-state index contributed by atoms with van der Waals surface area (Å²) in [5.41, 5.74) is 1.06. The van der Waals surface area contributed by atoms with Crippen molar-refractivity contribution in [2.45, 2.75) is 19.4 Å². The molecule has 0 aliphatic carbocycles. The van der Waals surface area contributed by atoms with Gasteiger partial charge in [-0.15, -0.1) is 0 Å². The normalized spacial score (nSPS) is 19.1. The molecule has 1 saturated heterocycles. The van der Waals surface area contributed by atoms with Gasteiger partial charge in [0.1, 0.15) is 5.82 Å². The van der Waals surface area contributed by atoms with Gasteiger partial charge in [-0.3, -0.25) is 0 Å². The number of hydrogen-bond donors (Lipinski definition) is 1. The number of piperazine rings is 1. The van der Waals surface area contributed by atoms with Crippen LogP contribution in [-0.4, -0.2) is 56.1 Å². The van der Waals surface area contributed by atoms with E-state index in [1.54, 1.807) is 12.1 Å². The largest absolute Gasteiger partial charge is 0.310 e. The average Bonchev–Trinajstić information content (AvgIpc) is 2.45. The van der Waals surface area contributed by atoms with Crippen LogP contribution >= 0.6 is 0 Å². The minimum Gasteiger partial charge on any atom is -0.310 e. The van der Waals surface area contributed by atoms with Crippen molar-refractivity contribution in [2.24, 2.45) is 0 Å². The lowest BCUT2D eigenvalue weighted by molar-refractivity contribution is 0.149.